The maximum absolute atomic E-state index is 10.3. The number of para-hydroxylation sites is 1. The average molecular weight is 287 g/mol. The number of aliphatic hydroxyl groups is 1. The van der Waals surface area contributed by atoms with E-state index in [1.165, 1.54) is 0 Å². The molecule has 2 heterocycles. The molecule has 0 saturated heterocycles. The first-order valence-corrected chi connectivity index (χ1v) is 7.61. The number of nitrogens with zero attached hydrogens (tertiary/aromatic N) is 3. The third-order valence-corrected chi connectivity index (χ3v) is 4.19. The fourth-order valence-corrected chi connectivity index (χ4v) is 3.07. The highest BCUT2D eigenvalue weighted by atomic mass is 32.1. The summed E-state index contributed by atoms with van der Waals surface area (Å²) in [6, 6.07) is 8.14. The molecule has 3 rings (SSSR count). The molecule has 5 heteroatoms. The Hall–Kier alpha value is -1.72. The van der Waals surface area contributed by atoms with Crippen LogP contribution in [0.15, 0.2) is 29.6 Å². The van der Waals surface area contributed by atoms with Crippen LogP contribution in [0.1, 0.15) is 29.4 Å². The van der Waals surface area contributed by atoms with E-state index < -0.39 is 6.10 Å². The molecule has 1 unspecified atom stereocenters. The van der Waals surface area contributed by atoms with Gasteiger partial charge in [0.1, 0.15) is 6.10 Å². The monoisotopic (exact) mass is 287 g/mol. The molecule has 4 nitrogen and oxygen atoms in total. The van der Waals surface area contributed by atoms with Crippen molar-refractivity contribution >= 4 is 22.2 Å². The predicted octanol–water partition coefficient (Wildman–Crippen LogP) is 3.10. The van der Waals surface area contributed by atoms with E-state index in [1.807, 2.05) is 29.1 Å². The Kier molecular flexibility index (Phi) is 3.54. The molecule has 0 aliphatic heterocycles. The van der Waals surface area contributed by atoms with E-state index in [0.717, 1.165) is 33.8 Å². The van der Waals surface area contributed by atoms with E-state index in [-0.39, 0.29) is 0 Å². The number of thiazole rings is 1. The van der Waals surface area contributed by atoms with Crippen LogP contribution < -0.4 is 0 Å². The van der Waals surface area contributed by atoms with Crippen molar-refractivity contribution < 1.29 is 5.11 Å². The fraction of sp³-hybridized carbons (Fsp3) is 0.333. The highest BCUT2D eigenvalue weighted by Crippen LogP contribution is 2.25. The number of rotatable bonds is 4. The molecule has 0 saturated carbocycles. The van der Waals surface area contributed by atoms with Crippen molar-refractivity contribution in [3.63, 3.8) is 0 Å². The second-order valence-electron chi connectivity index (χ2n) is 4.79. The van der Waals surface area contributed by atoms with Crippen LogP contribution in [0.5, 0.6) is 0 Å². The van der Waals surface area contributed by atoms with Crippen LogP contribution in [0, 0.1) is 6.92 Å². The number of fused-ring (bicyclic) bond motifs is 1. The van der Waals surface area contributed by atoms with Crippen molar-refractivity contribution in [1.29, 1.82) is 0 Å². The van der Waals surface area contributed by atoms with Crippen LogP contribution in [-0.4, -0.2) is 19.9 Å². The Morgan fingerprint density at radius 3 is 2.85 bits per heavy atom. The number of hydrogen-bond acceptors (Lipinski definition) is 4. The van der Waals surface area contributed by atoms with Crippen molar-refractivity contribution in [2.24, 2.45) is 0 Å². The Morgan fingerprint density at radius 2 is 2.15 bits per heavy atom. The van der Waals surface area contributed by atoms with E-state index >= 15 is 0 Å². The molecule has 2 aromatic heterocycles. The van der Waals surface area contributed by atoms with Gasteiger partial charge >= 0.3 is 0 Å². The molecule has 3 aromatic rings. The van der Waals surface area contributed by atoms with Gasteiger partial charge in [-0.15, -0.1) is 11.3 Å². The van der Waals surface area contributed by atoms with E-state index in [2.05, 4.69) is 29.1 Å². The van der Waals surface area contributed by atoms with Crippen LogP contribution in [-0.2, 0) is 13.0 Å². The van der Waals surface area contributed by atoms with Gasteiger partial charge in [-0.1, -0.05) is 18.2 Å². The highest BCUT2D eigenvalue weighted by Gasteiger charge is 2.16. The smallest absolute Gasteiger partial charge is 0.102 e. The molecule has 0 radical (unpaired) electrons. The van der Waals surface area contributed by atoms with Crippen LogP contribution in [0.4, 0.5) is 0 Å². The third-order valence-electron chi connectivity index (χ3n) is 3.40. The first kappa shape index (κ1) is 13.3. The molecule has 1 aromatic carbocycles. The average Bonchev–Trinajstić information content (AvgIpc) is 3.03. The van der Waals surface area contributed by atoms with Crippen LogP contribution in [0.3, 0.4) is 0 Å². The highest BCUT2D eigenvalue weighted by molar-refractivity contribution is 7.09. The lowest BCUT2D eigenvalue weighted by Gasteiger charge is -2.05. The van der Waals surface area contributed by atoms with Gasteiger partial charge in [0.15, 0.2) is 0 Å². The lowest BCUT2D eigenvalue weighted by atomic mass is 10.1. The fourth-order valence-electron chi connectivity index (χ4n) is 2.41. The zero-order valence-corrected chi connectivity index (χ0v) is 12.4. The quantitative estimate of drug-likeness (QED) is 0.802. The first-order chi connectivity index (χ1) is 9.69. The van der Waals surface area contributed by atoms with Crippen molar-refractivity contribution in [3.05, 3.63) is 46.0 Å². The summed E-state index contributed by atoms with van der Waals surface area (Å²) in [7, 11) is 0. The molecule has 104 valence electrons. The number of aromatic nitrogens is 3. The molecule has 1 atom stereocenters. The minimum atomic E-state index is -0.594. The van der Waals surface area contributed by atoms with Crippen LogP contribution in [0.2, 0.25) is 0 Å². The number of benzene rings is 1. The van der Waals surface area contributed by atoms with E-state index in [4.69, 9.17) is 0 Å². The Morgan fingerprint density at radius 1 is 1.35 bits per heavy atom. The number of aryl methyl sites for hydroxylation is 2. The minimum absolute atomic E-state index is 0.497. The van der Waals surface area contributed by atoms with Crippen molar-refractivity contribution in [1.82, 2.24) is 14.8 Å². The summed E-state index contributed by atoms with van der Waals surface area (Å²) in [5.74, 6) is 0. The molecule has 0 fully saturated rings. The van der Waals surface area contributed by atoms with Gasteiger partial charge in [-0.05, 0) is 19.9 Å². The molecule has 20 heavy (non-hydrogen) atoms. The lowest BCUT2D eigenvalue weighted by molar-refractivity contribution is 0.173. The number of hydrogen-bond donors (Lipinski definition) is 1. The normalized spacial score (nSPS) is 12.9. The van der Waals surface area contributed by atoms with Crippen LogP contribution >= 0.6 is 11.3 Å². The summed E-state index contributed by atoms with van der Waals surface area (Å²) in [5, 5.41) is 18.9. The van der Waals surface area contributed by atoms with Crippen molar-refractivity contribution in [2.45, 2.75) is 32.9 Å². The largest absolute Gasteiger partial charge is 0.386 e. The second kappa shape index (κ2) is 5.34. The van der Waals surface area contributed by atoms with Gasteiger partial charge in [-0.25, -0.2) is 4.98 Å². The first-order valence-electron chi connectivity index (χ1n) is 6.73. The zero-order valence-electron chi connectivity index (χ0n) is 11.6. The summed E-state index contributed by atoms with van der Waals surface area (Å²) < 4.78 is 1.98. The van der Waals surface area contributed by atoms with E-state index in [1.54, 1.807) is 11.3 Å². The molecule has 0 aliphatic carbocycles. The standard InChI is InChI=1S/C15H17N3OS/c1-3-18-14-7-5-4-6-11(14)12(17-18)8-15(19)13-9-20-10(2)16-13/h4-7,9,15,19H,3,8H2,1-2H3. The topological polar surface area (TPSA) is 50.9 Å². The molecule has 0 bridgehead atoms. The van der Waals surface area contributed by atoms with E-state index in [9.17, 15) is 5.11 Å². The summed E-state index contributed by atoms with van der Waals surface area (Å²) >= 11 is 1.56. The zero-order chi connectivity index (χ0) is 14.1. The Labute approximate surface area is 121 Å². The Balaban J connectivity index is 1.94. The minimum Gasteiger partial charge on any atom is -0.386 e. The predicted molar refractivity (Wildman–Crippen MR) is 80.9 cm³/mol. The van der Waals surface area contributed by atoms with Crippen molar-refractivity contribution in [3.8, 4) is 0 Å². The molecule has 1 N–H and O–H groups in total. The van der Waals surface area contributed by atoms with Gasteiger partial charge in [0.2, 0.25) is 0 Å². The van der Waals surface area contributed by atoms with Crippen LogP contribution in [0.25, 0.3) is 10.9 Å². The molecule has 0 aliphatic rings. The third kappa shape index (κ3) is 2.34. The lowest BCUT2D eigenvalue weighted by Crippen LogP contribution is -2.04. The summed E-state index contributed by atoms with van der Waals surface area (Å²) in [5.41, 5.74) is 2.79. The Bertz CT molecular complexity index is 732. The molecule has 0 amide bonds. The maximum atomic E-state index is 10.3. The van der Waals surface area contributed by atoms with Gasteiger partial charge in [-0.2, -0.15) is 5.10 Å². The number of aliphatic hydroxyl groups excluding tert-OH is 1. The summed E-state index contributed by atoms with van der Waals surface area (Å²) in [4.78, 5) is 4.35. The van der Waals surface area contributed by atoms with Gasteiger partial charge in [-0.3, -0.25) is 4.68 Å². The second-order valence-corrected chi connectivity index (χ2v) is 5.85. The summed E-state index contributed by atoms with van der Waals surface area (Å²) in [6.45, 7) is 4.85. The SMILES string of the molecule is CCn1nc(CC(O)c2csc(C)n2)c2ccccc21. The molecular formula is C15H17N3OS. The van der Waals surface area contributed by atoms with Gasteiger partial charge in [0.05, 0.1) is 21.9 Å². The van der Waals surface area contributed by atoms with Gasteiger partial charge in [0.25, 0.3) is 0 Å². The van der Waals surface area contributed by atoms with E-state index in [0.29, 0.717) is 6.42 Å². The maximum Gasteiger partial charge on any atom is 0.102 e. The summed E-state index contributed by atoms with van der Waals surface area (Å²) in [6.07, 6.45) is -0.0972. The van der Waals surface area contributed by atoms with Gasteiger partial charge in [0, 0.05) is 23.7 Å². The van der Waals surface area contributed by atoms with Gasteiger partial charge < -0.3 is 5.11 Å². The molecular weight excluding hydrogens is 270 g/mol. The molecule has 0 spiro atoms. The van der Waals surface area contributed by atoms with Crippen molar-refractivity contribution in [2.75, 3.05) is 0 Å².